The third-order valence-corrected chi connectivity index (χ3v) is 11.2. The second-order valence-electron chi connectivity index (χ2n) is 13.6. The Kier molecular flexibility index (Phi) is 5.04. The van der Waals surface area contributed by atoms with Crippen LogP contribution in [0.4, 0.5) is 24.5 Å². The van der Waals surface area contributed by atoms with Crippen LogP contribution in [-0.4, -0.2) is 5.54 Å². The van der Waals surface area contributed by atoms with E-state index in [-0.39, 0.29) is 16.4 Å². The normalized spacial score (nSPS) is 24.0. The number of halogens is 3. The van der Waals surface area contributed by atoms with Crippen LogP contribution in [-0.2, 0) is 17.0 Å². The molecule has 4 heteroatoms. The Morgan fingerprint density at radius 1 is 0.667 bits per heavy atom. The lowest BCUT2D eigenvalue weighted by atomic mass is 9.61. The summed E-state index contributed by atoms with van der Waals surface area (Å²) in [6.07, 6.45) is -0.427. The number of benzene rings is 5. The summed E-state index contributed by atoms with van der Waals surface area (Å²) in [5.41, 5.74) is 6.53. The minimum atomic E-state index is -4.36. The number of hydrogen-bond acceptors (Lipinski definition) is 1. The third kappa shape index (κ3) is 3.16. The average Bonchev–Trinajstić information content (AvgIpc) is 3.33. The van der Waals surface area contributed by atoms with Gasteiger partial charge in [0.15, 0.2) is 0 Å². The fourth-order valence-corrected chi connectivity index (χ4v) is 8.77. The van der Waals surface area contributed by atoms with Crippen molar-refractivity contribution in [2.24, 2.45) is 0 Å². The van der Waals surface area contributed by atoms with Crippen molar-refractivity contribution in [1.29, 1.82) is 0 Å². The van der Waals surface area contributed by atoms with Gasteiger partial charge in [0.2, 0.25) is 0 Å². The first kappa shape index (κ1) is 25.9. The van der Waals surface area contributed by atoms with E-state index in [2.05, 4.69) is 99.3 Å². The van der Waals surface area contributed by atoms with Crippen molar-refractivity contribution < 1.29 is 13.2 Å². The molecule has 3 aliphatic rings. The van der Waals surface area contributed by atoms with Crippen LogP contribution in [0.3, 0.4) is 0 Å². The molecule has 0 N–H and O–H groups in total. The molecule has 0 saturated heterocycles. The van der Waals surface area contributed by atoms with Gasteiger partial charge in [-0.25, -0.2) is 0 Å². The Hall–Kier alpha value is -3.79. The van der Waals surface area contributed by atoms with Gasteiger partial charge in [-0.3, -0.25) is 0 Å². The molecule has 0 amide bonds. The molecule has 1 heterocycles. The van der Waals surface area contributed by atoms with Gasteiger partial charge in [-0.2, -0.15) is 13.2 Å². The first-order valence-electron chi connectivity index (χ1n) is 15.1. The molecule has 8 rings (SSSR count). The van der Waals surface area contributed by atoms with E-state index in [9.17, 15) is 13.2 Å². The van der Waals surface area contributed by atoms with E-state index in [0.29, 0.717) is 0 Å². The Balaban J connectivity index is 1.34. The smallest absolute Gasteiger partial charge is 0.334 e. The maximum atomic E-state index is 13.9. The molecular formula is C38H34F3N. The summed E-state index contributed by atoms with van der Waals surface area (Å²) in [5, 5.41) is 5.03. The Morgan fingerprint density at radius 3 is 2.24 bits per heavy atom. The summed E-state index contributed by atoms with van der Waals surface area (Å²) < 4.78 is 41.6. The van der Waals surface area contributed by atoms with Gasteiger partial charge < -0.3 is 4.90 Å². The standard InChI is InChI=1S/C38H34F3N/c1-35(2)30-17-16-27-26-10-6-5-9-23(26)11-14-28(27)34(30)29-15-13-25(22-31(29)35)42-33-18-12-24(38(39,40)41)21-32(33)36(3)19-7-8-20-37(36,42)4/h5-6,9-18,21-22H,7-8,19-20H2,1-4H3. The first-order chi connectivity index (χ1) is 19.9. The van der Waals surface area contributed by atoms with E-state index in [4.69, 9.17) is 0 Å². The van der Waals surface area contributed by atoms with E-state index in [1.54, 1.807) is 6.07 Å². The van der Waals surface area contributed by atoms with Gasteiger partial charge in [0.1, 0.15) is 0 Å². The maximum absolute atomic E-state index is 13.9. The highest BCUT2D eigenvalue weighted by molar-refractivity contribution is 6.14. The lowest BCUT2D eigenvalue weighted by Crippen LogP contribution is -2.54. The molecule has 0 spiro atoms. The van der Waals surface area contributed by atoms with Gasteiger partial charge >= 0.3 is 6.18 Å². The van der Waals surface area contributed by atoms with Gasteiger partial charge in [-0.1, -0.05) is 88.2 Å². The van der Waals surface area contributed by atoms with Crippen molar-refractivity contribution in [2.75, 3.05) is 4.90 Å². The highest BCUT2D eigenvalue weighted by Gasteiger charge is 2.58. The molecule has 1 aliphatic heterocycles. The largest absolute Gasteiger partial charge is 0.416 e. The molecule has 212 valence electrons. The minimum Gasteiger partial charge on any atom is -0.334 e. The topological polar surface area (TPSA) is 3.24 Å². The summed E-state index contributed by atoms with van der Waals surface area (Å²) in [6, 6.07) is 28.8. The fraction of sp³-hybridized carbons (Fsp3) is 0.316. The predicted octanol–water partition coefficient (Wildman–Crippen LogP) is 11.1. The second-order valence-corrected chi connectivity index (χ2v) is 13.6. The number of rotatable bonds is 1. The number of fused-ring (bicyclic) bond motifs is 10. The van der Waals surface area contributed by atoms with Gasteiger partial charge in [-0.05, 0) is 99.5 Å². The maximum Gasteiger partial charge on any atom is 0.416 e. The van der Waals surface area contributed by atoms with Crippen LogP contribution >= 0.6 is 0 Å². The molecule has 1 fully saturated rings. The third-order valence-electron chi connectivity index (χ3n) is 11.2. The van der Waals surface area contributed by atoms with Crippen LogP contribution in [0.1, 0.15) is 75.6 Å². The molecule has 2 unspecified atom stereocenters. The highest BCUT2D eigenvalue weighted by atomic mass is 19.4. The summed E-state index contributed by atoms with van der Waals surface area (Å²) in [5.74, 6) is 0. The Labute approximate surface area is 245 Å². The number of alkyl halides is 3. The van der Waals surface area contributed by atoms with Crippen LogP contribution in [0.15, 0.2) is 84.9 Å². The monoisotopic (exact) mass is 561 g/mol. The van der Waals surface area contributed by atoms with E-state index in [1.165, 1.54) is 55.9 Å². The molecule has 0 bridgehead atoms. The second kappa shape index (κ2) is 8.18. The van der Waals surface area contributed by atoms with Crippen LogP contribution in [0.2, 0.25) is 0 Å². The van der Waals surface area contributed by atoms with Crippen LogP contribution < -0.4 is 4.90 Å². The van der Waals surface area contributed by atoms with Gasteiger partial charge in [0.05, 0.1) is 11.1 Å². The molecule has 0 aromatic heterocycles. The van der Waals surface area contributed by atoms with Gasteiger partial charge in [0.25, 0.3) is 0 Å². The summed E-state index contributed by atoms with van der Waals surface area (Å²) in [4.78, 5) is 2.38. The zero-order valence-electron chi connectivity index (χ0n) is 24.5. The minimum absolute atomic E-state index is 0.208. The van der Waals surface area contributed by atoms with E-state index < -0.39 is 11.7 Å². The zero-order valence-corrected chi connectivity index (χ0v) is 24.5. The van der Waals surface area contributed by atoms with Gasteiger partial charge in [-0.15, -0.1) is 0 Å². The van der Waals surface area contributed by atoms with Crippen molar-refractivity contribution in [3.05, 3.63) is 107 Å². The Bertz CT molecular complexity index is 1950. The van der Waals surface area contributed by atoms with Crippen molar-refractivity contribution in [3.8, 4) is 11.1 Å². The van der Waals surface area contributed by atoms with Crippen molar-refractivity contribution in [1.82, 2.24) is 0 Å². The fourth-order valence-electron chi connectivity index (χ4n) is 8.77. The van der Waals surface area contributed by atoms with E-state index in [1.807, 2.05) is 0 Å². The van der Waals surface area contributed by atoms with Crippen LogP contribution in [0, 0.1) is 0 Å². The van der Waals surface area contributed by atoms with Gasteiger partial charge in [0, 0.05) is 22.2 Å². The number of nitrogens with zero attached hydrogens (tertiary/aromatic N) is 1. The molecule has 1 nitrogen and oxygen atoms in total. The molecule has 5 aromatic rings. The summed E-state index contributed by atoms with van der Waals surface area (Å²) in [7, 11) is 0. The quantitative estimate of drug-likeness (QED) is 0.184. The van der Waals surface area contributed by atoms with Crippen LogP contribution in [0.25, 0.3) is 32.7 Å². The molecule has 2 aliphatic carbocycles. The average molecular weight is 562 g/mol. The van der Waals surface area contributed by atoms with E-state index in [0.717, 1.165) is 42.6 Å². The number of hydrogen-bond donors (Lipinski definition) is 0. The molecule has 42 heavy (non-hydrogen) atoms. The molecule has 1 saturated carbocycles. The van der Waals surface area contributed by atoms with Crippen molar-refractivity contribution in [2.45, 2.75) is 75.9 Å². The highest BCUT2D eigenvalue weighted by Crippen LogP contribution is 2.62. The SMILES string of the molecule is CC1(C)c2cc(N3c4ccc(C(F)(F)F)cc4C4(C)CCCCC34C)ccc2-c2c1ccc1c2ccc2ccccc21. The van der Waals surface area contributed by atoms with Crippen molar-refractivity contribution >= 4 is 32.9 Å². The van der Waals surface area contributed by atoms with E-state index >= 15 is 0 Å². The lowest BCUT2D eigenvalue weighted by Gasteiger charge is -2.50. The van der Waals surface area contributed by atoms with Crippen molar-refractivity contribution in [3.63, 3.8) is 0 Å². The molecule has 2 atom stereocenters. The molecular weight excluding hydrogens is 527 g/mol. The molecule has 5 aromatic carbocycles. The summed E-state index contributed by atoms with van der Waals surface area (Å²) in [6.45, 7) is 9.06. The predicted molar refractivity (Wildman–Crippen MR) is 167 cm³/mol. The first-order valence-corrected chi connectivity index (χ1v) is 15.1. The number of anilines is 2. The zero-order chi connectivity index (χ0) is 29.2. The Morgan fingerprint density at radius 2 is 1.43 bits per heavy atom. The lowest BCUT2D eigenvalue weighted by molar-refractivity contribution is -0.137. The summed E-state index contributed by atoms with van der Waals surface area (Å²) >= 11 is 0. The molecule has 0 radical (unpaired) electrons. The van der Waals surface area contributed by atoms with Crippen LogP contribution in [0.5, 0.6) is 0 Å².